The first-order valence-corrected chi connectivity index (χ1v) is 9.64. The number of carbonyl (C=O) groups is 1. The van der Waals surface area contributed by atoms with E-state index >= 15 is 0 Å². The summed E-state index contributed by atoms with van der Waals surface area (Å²) in [5, 5.41) is 5.20. The topological polar surface area (TPSA) is 54.4 Å². The highest BCUT2D eigenvalue weighted by Gasteiger charge is 2.14. The lowest BCUT2D eigenvalue weighted by atomic mass is 10.0. The first-order chi connectivity index (χ1) is 14.3. The van der Waals surface area contributed by atoms with Crippen molar-refractivity contribution in [1.29, 1.82) is 0 Å². The van der Waals surface area contributed by atoms with Crippen LogP contribution in [-0.4, -0.2) is 16.6 Å². The van der Waals surface area contributed by atoms with E-state index in [4.69, 9.17) is 4.98 Å². The van der Waals surface area contributed by atoms with E-state index in [0.717, 1.165) is 39.9 Å². The fraction of sp³-hybridized carbons (Fsp3) is 0.0800. The molecule has 1 aromatic heterocycles. The van der Waals surface area contributed by atoms with Crippen molar-refractivity contribution in [2.24, 2.45) is 5.10 Å². The van der Waals surface area contributed by atoms with Gasteiger partial charge in [0, 0.05) is 10.9 Å². The number of hydrazone groups is 1. The fourth-order valence-electron chi connectivity index (χ4n) is 3.28. The van der Waals surface area contributed by atoms with Gasteiger partial charge < -0.3 is 0 Å². The van der Waals surface area contributed by atoms with Crippen molar-refractivity contribution < 1.29 is 4.79 Å². The molecule has 0 fully saturated rings. The molecule has 0 unspecified atom stereocenters. The maximum Gasteiger partial charge on any atom is 0.272 e. The molecule has 3 aromatic carbocycles. The summed E-state index contributed by atoms with van der Waals surface area (Å²) in [6.07, 6.45) is 0.719. The number of nitrogens with zero attached hydrogens (tertiary/aromatic N) is 2. The number of hydrogen-bond acceptors (Lipinski definition) is 3. The number of nitrogens with one attached hydrogen (secondary N) is 1. The van der Waals surface area contributed by atoms with Crippen LogP contribution in [0.1, 0.15) is 29.3 Å². The van der Waals surface area contributed by atoms with Gasteiger partial charge in [-0.2, -0.15) is 5.10 Å². The molecular formula is C25H21N3O. The van der Waals surface area contributed by atoms with Crippen LogP contribution >= 0.6 is 0 Å². The predicted octanol–water partition coefficient (Wildman–Crippen LogP) is 5.45. The number of fused-ring (bicyclic) bond motifs is 1. The zero-order chi connectivity index (χ0) is 20.1. The molecule has 142 valence electrons. The molecule has 4 rings (SSSR count). The van der Waals surface area contributed by atoms with Gasteiger partial charge in [-0.1, -0.05) is 85.8 Å². The minimum absolute atomic E-state index is 0.248. The largest absolute Gasteiger partial charge is 0.272 e. The lowest BCUT2D eigenvalue weighted by Gasteiger charge is -2.10. The third kappa shape index (κ3) is 4.06. The maximum atomic E-state index is 13.0. The molecule has 1 heterocycles. The van der Waals surface area contributed by atoms with E-state index in [2.05, 4.69) is 10.5 Å². The highest BCUT2D eigenvalue weighted by atomic mass is 16.2. The van der Waals surface area contributed by atoms with Crippen LogP contribution in [0.3, 0.4) is 0 Å². The molecular weight excluding hydrogens is 358 g/mol. The number of hydrogen-bond donors (Lipinski definition) is 1. The molecule has 0 aliphatic rings. The monoisotopic (exact) mass is 379 g/mol. The average molecular weight is 379 g/mol. The molecule has 0 atom stereocenters. The number of benzene rings is 3. The van der Waals surface area contributed by atoms with E-state index in [1.54, 1.807) is 0 Å². The van der Waals surface area contributed by atoms with Gasteiger partial charge in [0.15, 0.2) is 0 Å². The first-order valence-electron chi connectivity index (χ1n) is 9.64. The highest BCUT2D eigenvalue weighted by Crippen LogP contribution is 2.24. The Morgan fingerprint density at radius 2 is 1.55 bits per heavy atom. The van der Waals surface area contributed by atoms with Crippen LogP contribution in [0.2, 0.25) is 0 Å². The lowest BCUT2D eigenvalue weighted by molar-refractivity contribution is 0.0956. The summed E-state index contributed by atoms with van der Waals surface area (Å²) in [5.74, 6) is -0.248. The van der Waals surface area contributed by atoms with Crippen molar-refractivity contribution in [3.63, 3.8) is 0 Å². The smallest absolute Gasteiger partial charge is 0.267 e. The molecule has 29 heavy (non-hydrogen) atoms. The van der Waals surface area contributed by atoms with Crippen molar-refractivity contribution in [2.45, 2.75) is 13.3 Å². The average Bonchev–Trinajstić information content (AvgIpc) is 2.80. The van der Waals surface area contributed by atoms with E-state index in [9.17, 15) is 4.79 Å². The number of para-hydroxylation sites is 1. The van der Waals surface area contributed by atoms with Gasteiger partial charge >= 0.3 is 0 Å². The van der Waals surface area contributed by atoms with E-state index in [-0.39, 0.29) is 5.91 Å². The molecule has 4 nitrogen and oxygen atoms in total. The van der Waals surface area contributed by atoms with Crippen molar-refractivity contribution >= 4 is 22.5 Å². The van der Waals surface area contributed by atoms with Crippen LogP contribution in [0.15, 0.2) is 96.1 Å². The fourth-order valence-corrected chi connectivity index (χ4v) is 3.28. The summed E-state index contributed by atoms with van der Waals surface area (Å²) >= 11 is 0. The normalized spacial score (nSPS) is 11.4. The lowest BCUT2D eigenvalue weighted by Crippen LogP contribution is -2.20. The van der Waals surface area contributed by atoms with Crippen LogP contribution in [0, 0.1) is 0 Å². The number of aromatic nitrogens is 1. The van der Waals surface area contributed by atoms with Crippen LogP contribution in [0.25, 0.3) is 22.2 Å². The van der Waals surface area contributed by atoms with Crippen molar-refractivity contribution in [3.05, 3.63) is 102 Å². The molecule has 0 aliphatic heterocycles. The van der Waals surface area contributed by atoms with Crippen LogP contribution in [0.4, 0.5) is 0 Å². The van der Waals surface area contributed by atoms with E-state index < -0.39 is 0 Å². The Balaban J connectivity index is 1.72. The van der Waals surface area contributed by atoms with E-state index in [1.807, 2.05) is 97.9 Å². The standard InChI is InChI=1S/C25H21N3O/c1-2-22(18-11-5-3-6-12-18)27-28-25(29)21-17-24(19-13-7-4-8-14-19)26-23-16-10-9-15-20(21)23/h3-17H,2H2,1H3,(H,28,29). The molecule has 4 aromatic rings. The Bertz CT molecular complexity index is 1170. The second-order valence-electron chi connectivity index (χ2n) is 6.66. The molecule has 4 heteroatoms. The summed E-state index contributed by atoms with van der Waals surface area (Å²) in [4.78, 5) is 17.8. The second kappa shape index (κ2) is 8.48. The Morgan fingerprint density at radius 3 is 2.28 bits per heavy atom. The molecule has 0 aliphatic carbocycles. The van der Waals surface area contributed by atoms with Crippen LogP contribution < -0.4 is 5.43 Å². The van der Waals surface area contributed by atoms with Gasteiger partial charge in [0.05, 0.1) is 22.5 Å². The number of carbonyl (C=O) groups excluding carboxylic acids is 1. The Morgan fingerprint density at radius 1 is 0.897 bits per heavy atom. The predicted molar refractivity (Wildman–Crippen MR) is 118 cm³/mol. The zero-order valence-corrected chi connectivity index (χ0v) is 16.2. The quantitative estimate of drug-likeness (QED) is 0.370. The van der Waals surface area contributed by atoms with Gasteiger partial charge in [-0.15, -0.1) is 0 Å². The van der Waals surface area contributed by atoms with Crippen LogP contribution in [0.5, 0.6) is 0 Å². The van der Waals surface area contributed by atoms with Gasteiger partial charge in [0.1, 0.15) is 0 Å². The summed E-state index contributed by atoms with van der Waals surface area (Å²) < 4.78 is 0. The van der Waals surface area contributed by atoms with E-state index in [1.165, 1.54) is 0 Å². The molecule has 1 N–H and O–H groups in total. The summed E-state index contributed by atoms with van der Waals surface area (Å²) in [7, 11) is 0. The van der Waals surface area contributed by atoms with Gasteiger partial charge in [-0.05, 0) is 24.1 Å². The second-order valence-corrected chi connectivity index (χ2v) is 6.66. The zero-order valence-electron chi connectivity index (χ0n) is 16.2. The Kier molecular flexibility index (Phi) is 5.43. The van der Waals surface area contributed by atoms with Crippen molar-refractivity contribution in [2.75, 3.05) is 0 Å². The molecule has 0 bridgehead atoms. The minimum atomic E-state index is -0.248. The van der Waals surface area contributed by atoms with Crippen LogP contribution in [-0.2, 0) is 0 Å². The number of pyridine rings is 1. The molecule has 0 saturated carbocycles. The molecule has 0 saturated heterocycles. The highest BCUT2D eigenvalue weighted by molar-refractivity contribution is 6.08. The van der Waals surface area contributed by atoms with E-state index in [0.29, 0.717) is 5.56 Å². The number of rotatable bonds is 5. The first kappa shape index (κ1) is 18.6. The summed E-state index contributed by atoms with van der Waals surface area (Å²) in [6, 6.07) is 29.2. The number of amides is 1. The molecule has 0 spiro atoms. The van der Waals surface area contributed by atoms with Gasteiger partial charge in [0.2, 0.25) is 0 Å². The summed E-state index contributed by atoms with van der Waals surface area (Å²) in [6.45, 7) is 2.02. The van der Waals surface area contributed by atoms with Gasteiger partial charge in [0.25, 0.3) is 5.91 Å². The van der Waals surface area contributed by atoms with Crippen molar-refractivity contribution in [1.82, 2.24) is 10.4 Å². The van der Waals surface area contributed by atoms with Gasteiger partial charge in [-0.3, -0.25) is 4.79 Å². The van der Waals surface area contributed by atoms with Crippen molar-refractivity contribution in [3.8, 4) is 11.3 Å². The third-order valence-corrected chi connectivity index (χ3v) is 4.76. The molecule has 1 amide bonds. The maximum absolute atomic E-state index is 13.0. The minimum Gasteiger partial charge on any atom is -0.267 e. The SMILES string of the molecule is CCC(=NNC(=O)c1cc(-c2ccccc2)nc2ccccc12)c1ccccc1. The van der Waals surface area contributed by atoms with Gasteiger partial charge in [-0.25, -0.2) is 10.4 Å². The Hall–Kier alpha value is -3.79. The third-order valence-electron chi connectivity index (χ3n) is 4.76. The Labute approximate surface area is 169 Å². The summed E-state index contributed by atoms with van der Waals surface area (Å²) in [5.41, 5.74) is 7.64. The molecule has 0 radical (unpaired) electrons.